The van der Waals surface area contributed by atoms with Crippen LogP contribution in [0, 0.1) is 10.1 Å². The number of anilines is 1. The minimum absolute atomic E-state index is 0.00619. The Bertz CT molecular complexity index is 1300. The zero-order valence-electron chi connectivity index (χ0n) is 17.1. The van der Waals surface area contributed by atoms with Crippen LogP contribution < -0.4 is 15.0 Å². The summed E-state index contributed by atoms with van der Waals surface area (Å²) in [4.78, 5) is 36.6. The number of hydrogen-bond acceptors (Lipinski definition) is 5. The summed E-state index contributed by atoms with van der Waals surface area (Å²) >= 11 is 12.8. The first-order chi connectivity index (χ1) is 16.2. The summed E-state index contributed by atoms with van der Waals surface area (Å²) in [6, 6.07) is 15.4. The molecule has 1 saturated heterocycles. The highest BCUT2D eigenvalue weighted by Gasteiger charge is 2.34. The number of nitrogens with zero attached hydrogens (tertiary/aromatic N) is 2. The van der Waals surface area contributed by atoms with E-state index in [1.54, 1.807) is 54.6 Å². The normalized spacial score (nSPS) is 14.4. The summed E-state index contributed by atoms with van der Waals surface area (Å²) in [6.45, 7) is 0.195. The fourth-order valence-corrected chi connectivity index (χ4v) is 4.77. The molecule has 3 amide bonds. The molecule has 3 aromatic rings. The summed E-state index contributed by atoms with van der Waals surface area (Å²) in [7, 11) is 0. The number of urea groups is 1. The van der Waals surface area contributed by atoms with Crippen molar-refractivity contribution >= 4 is 72.8 Å². The number of carbonyl (C=O) groups is 2. The van der Waals surface area contributed by atoms with Crippen LogP contribution in [0.3, 0.4) is 0 Å². The molecule has 0 radical (unpaired) electrons. The lowest BCUT2D eigenvalue weighted by Crippen LogP contribution is -2.30. The van der Waals surface area contributed by atoms with E-state index in [1.165, 1.54) is 12.1 Å². The lowest BCUT2D eigenvalue weighted by atomic mass is 10.1. The van der Waals surface area contributed by atoms with Gasteiger partial charge in [0, 0.05) is 17.2 Å². The molecule has 34 heavy (non-hydrogen) atoms. The van der Waals surface area contributed by atoms with E-state index < -0.39 is 16.9 Å². The van der Waals surface area contributed by atoms with Gasteiger partial charge in [0.25, 0.3) is 11.6 Å². The Hall–Kier alpha value is -3.21. The third kappa shape index (κ3) is 5.14. The summed E-state index contributed by atoms with van der Waals surface area (Å²) in [5.74, 6) is 0.0307. The van der Waals surface area contributed by atoms with Gasteiger partial charge in [-0.15, -0.1) is 0 Å². The van der Waals surface area contributed by atoms with Gasteiger partial charge in [-0.25, -0.2) is 9.69 Å². The van der Waals surface area contributed by atoms with Crippen LogP contribution in [0.5, 0.6) is 5.75 Å². The molecule has 1 aliphatic heterocycles. The van der Waals surface area contributed by atoms with Gasteiger partial charge in [-0.05, 0) is 97.6 Å². The SMILES string of the molecule is O=C1N/C(=C/c2cc(Br)c(OCc3ccc([N+](=O)[O-])cc3)c(Br)c2)C(=O)N1c1ccc(Cl)cc1. The van der Waals surface area contributed by atoms with Crippen molar-refractivity contribution in [2.24, 2.45) is 0 Å². The third-order valence-electron chi connectivity index (χ3n) is 4.82. The summed E-state index contributed by atoms with van der Waals surface area (Å²) in [5, 5.41) is 13.9. The van der Waals surface area contributed by atoms with Crippen molar-refractivity contribution in [2.45, 2.75) is 6.61 Å². The molecule has 11 heteroatoms. The number of nitro benzene ring substituents is 1. The lowest BCUT2D eigenvalue weighted by molar-refractivity contribution is -0.384. The molecule has 0 bridgehead atoms. The number of carbonyl (C=O) groups excluding carboxylic acids is 2. The molecule has 1 heterocycles. The molecule has 8 nitrogen and oxygen atoms in total. The summed E-state index contributed by atoms with van der Waals surface area (Å²) in [6.07, 6.45) is 1.56. The van der Waals surface area contributed by atoms with Crippen molar-refractivity contribution in [3.05, 3.63) is 102 Å². The second-order valence-electron chi connectivity index (χ2n) is 7.13. The molecule has 1 fully saturated rings. The van der Waals surface area contributed by atoms with Crippen molar-refractivity contribution in [3.63, 3.8) is 0 Å². The number of nitro groups is 1. The maximum absolute atomic E-state index is 12.8. The van der Waals surface area contributed by atoms with Crippen molar-refractivity contribution in [3.8, 4) is 5.75 Å². The van der Waals surface area contributed by atoms with E-state index in [-0.39, 0.29) is 18.0 Å². The molecule has 0 unspecified atom stereocenters. The van der Waals surface area contributed by atoms with E-state index in [1.807, 2.05) is 0 Å². The number of nitrogens with one attached hydrogen (secondary N) is 1. The summed E-state index contributed by atoms with van der Waals surface area (Å²) in [5.41, 5.74) is 1.94. The van der Waals surface area contributed by atoms with Gasteiger partial charge in [-0.2, -0.15) is 0 Å². The van der Waals surface area contributed by atoms with E-state index >= 15 is 0 Å². The van der Waals surface area contributed by atoms with E-state index in [9.17, 15) is 19.7 Å². The maximum atomic E-state index is 12.8. The Kier molecular flexibility index (Phi) is 7.01. The zero-order chi connectivity index (χ0) is 24.4. The van der Waals surface area contributed by atoms with Crippen LogP contribution in [-0.2, 0) is 11.4 Å². The molecule has 0 saturated carbocycles. The Morgan fingerprint density at radius 3 is 2.24 bits per heavy atom. The van der Waals surface area contributed by atoms with Gasteiger partial charge in [0.15, 0.2) is 0 Å². The molecule has 4 rings (SSSR count). The average molecular weight is 608 g/mol. The Morgan fingerprint density at radius 2 is 1.65 bits per heavy atom. The first-order valence-corrected chi connectivity index (χ1v) is 11.7. The minimum Gasteiger partial charge on any atom is -0.487 e. The van der Waals surface area contributed by atoms with Gasteiger partial charge in [0.2, 0.25) is 0 Å². The number of benzene rings is 3. The Morgan fingerprint density at radius 1 is 1.03 bits per heavy atom. The largest absolute Gasteiger partial charge is 0.487 e. The van der Waals surface area contributed by atoms with Crippen molar-refractivity contribution < 1.29 is 19.2 Å². The molecule has 172 valence electrons. The van der Waals surface area contributed by atoms with E-state index in [4.69, 9.17) is 16.3 Å². The van der Waals surface area contributed by atoms with Gasteiger partial charge >= 0.3 is 6.03 Å². The van der Waals surface area contributed by atoms with Crippen LogP contribution in [0.25, 0.3) is 6.08 Å². The number of imide groups is 1. The zero-order valence-corrected chi connectivity index (χ0v) is 21.1. The molecular formula is C23H14Br2ClN3O5. The number of amides is 3. The number of hydrogen-bond donors (Lipinski definition) is 1. The predicted octanol–water partition coefficient (Wildman–Crippen LogP) is 6.45. The molecule has 1 aliphatic rings. The smallest absolute Gasteiger partial charge is 0.333 e. The predicted molar refractivity (Wildman–Crippen MR) is 135 cm³/mol. The average Bonchev–Trinajstić information content (AvgIpc) is 3.07. The van der Waals surface area contributed by atoms with E-state index in [0.29, 0.717) is 31.0 Å². The Balaban J connectivity index is 1.51. The molecule has 0 aromatic heterocycles. The number of rotatable bonds is 6. The first kappa shape index (κ1) is 23.9. The van der Waals surface area contributed by atoms with Crippen molar-refractivity contribution in [1.82, 2.24) is 5.32 Å². The number of non-ortho nitro benzene ring substituents is 1. The highest BCUT2D eigenvalue weighted by atomic mass is 79.9. The van der Waals surface area contributed by atoms with Gasteiger partial charge in [0.05, 0.1) is 19.6 Å². The highest BCUT2D eigenvalue weighted by Crippen LogP contribution is 2.36. The maximum Gasteiger partial charge on any atom is 0.333 e. The Labute approximate surface area is 215 Å². The van der Waals surface area contributed by atoms with Crippen molar-refractivity contribution in [2.75, 3.05) is 4.90 Å². The van der Waals surface area contributed by atoms with Gasteiger partial charge in [-0.1, -0.05) is 11.6 Å². The van der Waals surface area contributed by atoms with Gasteiger partial charge < -0.3 is 10.1 Å². The van der Waals surface area contributed by atoms with Crippen LogP contribution in [0.4, 0.5) is 16.2 Å². The molecule has 1 N–H and O–H groups in total. The van der Waals surface area contributed by atoms with Crippen molar-refractivity contribution in [1.29, 1.82) is 0 Å². The third-order valence-corrected chi connectivity index (χ3v) is 6.26. The minimum atomic E-state index is -0.556. The fraction of sp³-hybridized carbons (Fsp3) is 0.0435. The monoisotopic (exact) mass is 605 g/mol. The molecule has 0 aliphatic carbocycles. The molecular weight excluding hydrogens is 594 g/mol. The van der Waals surface area contributed by atoms with E-state index in [2.05, 4.69) is 37.2 Å². The lowest BCUT2D eigenvalue weighted by Gasteiger charge is -2.12. The summed E-state index contributed by atoms with van der Waals surface area (Å²) < 4.78 is 7.09. The fourth-order valence-electron chi connectivity index (χ4n) is 3.20. The van der Waals surface area contributed by atoms with Crippen LogP contribution in [-0.4, -0.2) is 16.9 Å². The molecule has 0 spiro atoms. The first-order valence-electron chi connectivity index (χ1n) is 9.71. The second-order valence-corrected chi connectivity index (χ2v) is 9.28. The van der Waals surface area contributed by atoms with Crippen LogP contribution in [0.15, 0.2) is 75.3 Å². The quantitative estimate of drug-likeness (QED) is 0.150. The van der Waals surface area contributed by atoms with Crippen LogP contribution >= 0.6 is 43.5 Å². The van der Waals surface area contributed by atoms with Gasteiger partial charge in [0.1, 0.15) is 18.1 Å². The van der Waals surface area contributed by atoms with E-state index in [0.717, 1.165) is 10.5 Å². The number of ether oxygens (including phenoxy) is 1. The van der Waals surface area contributed by atoms with Gasteiger partial charge in [-0.3, -0.25) is 14.9 Å². The topological polar surface area (TPSA) is 102 Å². The second kappa shape index (κ2) is 9.96. The highest BCUT2D eigenvalue weighted by molar-refractivity contribution is 9.11. The molecule has 3 aromatic carbocycles. The standard InChI is InChI=1S/C23H14Br2ClN3O5/c24-18-9-14(10-19(25)21(18)34-12-13-1-5-17(6-2-13)29(32)33)11-20-22(30)28(23(31)27-20)16-7-3-15(26)4-8-16/h1-11H,12H2,(H,27,31)/b20-11+. The van der Waals surface area contributed by atoms with Crippen LogP contribution in [0.2, 0.25) is 5.02 Å². The molecule has 0 atom stereocenters. The number of halogens is 3. The van der Waals surface area contributed by atoms with Crippen LogP contribution in [0.1, 0.15) is 11.1 Å².